The molecule has 3 N–H and O–H groups in total. The van der Waals surface area contributed by atoms with Gasteiger partial charge in [0.2, 0.25) is 0 Å². The molecular weight excluding hydrogens is 245 g/mol. The van der Waals surface area contributed by atoms with Crippen molar-refractivity contribution >= 4 is 11.6 Å². The lowest BCUT2D eigenvalue weighted by Gasteiger charge is -2.14. The van der Waals surface area contributed by atoms with E-state index in [1.165, 1.54) is 0 Å². The Labute approximate surface area is 95.0 Å². The van der Waals surface area contributed by atoms with Crippen LogP contribution in [0.3, 0.4) is 0 Å². The van der Waals surface area contributed by atoms with Gasteiger partial charge in [-0.05, 0) is 12.5 Å². The van der Waals surface area contributed by atoms with Gasteiger partial charge in [0.05, 0.1) is 5.56 Å². The average molecular weight is 255 g/mol. The summed E-state index contributed by atoms with van der Waals surface area (Å²) in [4.78, 5) is 3.43. The van der Waals surface area contributed by atoms with E-state index >= 15 is 0 Å². The Balaban J connectivity index is 3.09. The Hall–Kier alpha value is -0.850. The second-order valence-corrected chi connectivity index (χ2v) is 3.58. The predicted molar refractivity (Wildman–Crippen MR) is 52.9 cm³/mol. The average Bonchev–Trinajstić information content (AvgIpc) is 2.16. The lowest BCUT2D eigenvalue weighted by Crippen LogP contribution is -2.15. The molecule has 0 amide bonds. The van der Waals surface area contributed by atoms with Crippen molar-refractivity contribution < 1.29 is 18.3 Å². The van der Waals surface area contributed by atoms with Gasteiger partial charge in [-0.1, -0.05) is 11.6 Å². The number of alkyl halides is 3. The van der Waals surface area contributed by atoms with E-state index in [2.05, 4.69) is 4.98 Å². The molecule has 0 aliphatic heterocycles. The molecule has 1 aromatic rings. The molecule has 0 aliphatic rings. The molecule has 90 valence electrons. The molecule has 0 saturated heterocycles. The van der Waals surface area contributed by atoms with Gasteiger partial charge in [0, 0.05) is 24.4 Å². The van der Waals surface area contributed by atoms with Crippen LogP contribution >= 0.6 is 11.6 Å². The highest BCUT2D eigenvalue weighted by molar-refractivity contribution is 6.30. The number of nitrogens with two attached hydrogens (primary N) is 1. The number of hydrogen-bond acceptors (Lipinski definition) is 3. The summed E-state index contributed by atoms with van der Waals surface area (Å²) in [6.07, 6.45) is -3.70. The number of aliphatic hydroxyl groups excluding tert-OH is 1. The fraction of sp³-hybridized carbons (Fsp3) is 0.444. The molecule has 1 atom stereocenters. The van der Waals surface area contributed by atoms with Gasteiger partial charge >= 0.3 is 6.18 Å². The van der Waals surface area contributed by atoms with E-state index in [0.717, 1.165) is 6.07 Å². The molecule has 16 heavy (non-hydrogen) atoms. The van der Waals surface area contributed by atoms with Gasteiger partial charge in [-0.3, -0.25) is 0 Å². The normalized spacial score (nSPS) is 13.9. The SMILES string of the molecule is NC(CCO)c1cc(C(F)(F)F)cnc1Cl. The first-order valence-corrected chi connectivity index (χ1v) is 4.83. The second-order valence-electron chi connectivity index (χ2n) is 3.22. The molecule has 0 bridgehead atoms. The van der Waals surface area contributed by atoms with Crippen LogP contribution in [0.25, 0.3) is 0 Å². The Kier molecular flexibility index (Phi) is 4.12. The fourth-order valence-electron chi connectivity index (χ4n) is 1.17. The summed E-state index contributed by atoms with van der Waals surface area (Å²) in [5.74, 6) is 0. The van der Waals surface area contributed by atoms with Crippen molar-refractivity contribution in [3.05, 3.63) is 28.5 Å². The van der Waals surface area contributed by atoms with Crippen molar-refractivity contribution in [3.8, 4) is 0 Å². The van der Waals surface area contributed by atoms with Crippen LogP contribution < -0.4 is 5.73 Å². The van der Waals surface area contributed by atoms with Crippen LogP contribution in [0.5, 0.6) is 0 Å². The third-order valence-corrected chi connectivity index (χ3v) is 2.35. The first-order chi connectivity index (χ1) is 7.36. The molecule has 1 rings (SSSR count). The predicted octanol–water partition coefficient (Wildman–Crippen LogP) is 2.14. The van der Waals surface area contributed by atoms with Crippen LogP contribution in [-0.4, -0.2) is 16.7 Å². The zero-order valence-corrected chi connectivity index (χ0v) is 8.89. The van der Waals surface area contributed by atoms with Crippen LogP contribution in [0.1, 0.15) is 23.6 Å². The zero-order valence-electron chi connectivity index (χ0n) is 8.13. The van der Waals surface area contributed by atoms with Gasteiger partial charge in [0.15, 0.2) is 0 Å². The maximum Gasteiger partial charge on any atom is 0.417 e. The minimum absolute atomic E-state index is 0.0750. The third kappa shape index (κ3) is 3.07. The summed E-state index contributed by atoms with van der Waals surface area (Å²) in [6, 6.07) is 0.0997. The van der Waals surface area contributed by atoms with Crippen LogP contribution in [0.2, 0.25) is 5.15 Å². The van der Waals surface area contributed by atoms with Crippen molar-refractivity contribution in [3.63, 3.8) is 0 Å². The van der Waals surface area contributed by atoms with E-state index in [1.807, 2.05) is 0 Å². The molecular formula is C9H10ClF3N2O. The Morgan fingerprint density at radius 3 is 2.62 bits per heavy atom. The van der Waals surface area contributed by atoms with Crippen LogP contribution in [-0.2, 0) is 6.18 Å². The smallest absolute Gasteiger partial charge is 0.396 e. The number of nitrogens with zero attached hydrogens (tertiary/aromatic N) is 1. The van der Waals surface area contributed by atoms with Crippen molar-refractivity contribution in [2.75, 3.05) is 6.61 Å². The van der Waals surface area contributed by atoms with E-state index in [-0.39, 0.29) is 23.7 Å². The Morgan fingerprint density at radius 2 is 2.12 bits per heavy atom. The monoisotopic (exact) mass is 254 g/mol. The fourth-order valence-corrected chi connectivity index (χ4v) is 1.42. The molecule has 1 unspecified atom stereocenters. The molecule has 1 aromatic heterocycles. The Bertz CT molecular complexity index is 370. The molecule has 0 spiro atoms. The minimum Gasteiger partial charge on any atom is -0.396 e. The van der Waals surface area contributed by atoms with E-state index in [0.29, 0.717) is 6.20 Å². The quantitative estimate of drug-likeness (QED) is 0.813. The van der Waals surface area contributed by atoms with Gasteiger partial charge in [-0.2, -0.15) is 13.2 Å². The molecule has 0 aliphatic carbocycles. The summed E-state index contributed by atoms with van der Waals surface area (Å²) in [5, 5.41) is 8.58. The van der Waals surface area contributed by atoms with Gasteiger partial charge in [-0.25, -0.2) is 4.98 Å². The van der Waals surface area contributed by atoms with Crippen molar-refractivity contribution in [1.29, 1.82) is 0 Å². The van der Waals surface area contributed by atoms with Crippen LogP contribution in [0.4, 0.5) is 13.2 Å². The highest BCUT2D eigenvalue weighted by Crippen LogP contribution is 2.32. The zero-order chi connectivity index (χ0) is 12.3. The molecule has 0 saturated carbocycles. The maximum absolute atomic E-state index is 12.4. The van der Waals surface area contributed by atoms with Gasteiger partial charge in [0.1, 0.15) is 5.15 Å². The van der Waals surface area contributed by atoms with Crippen molar-refractivity contribution in [2.45, 2.75) is 18.6 Å². The highest BCUT2D eigenvalue weighted by atomic mass is 35.5. The minimum atomic E-state index is -4.48. The van der Waals surface area contributed by atoms with Crippen LogP contribution in [0, 0.1) is 0 Å². The van der Waals surface area contributed by atoms with Crippen molar-refractivity contribution in [1.82, 2.24) is 4.98 Å². The van der Waals surface area contributed by atoms with E-state index in [1.54, 1.807) is 0 Å². The standard InChI is InChI=1S/C9H10ClF3N2O/c10-8-6(7(14)1-2-16)3-5(4-15-8)9(11,12)13/h3-4,7,16H,1-2,14H2. The summed E-state index contributed by atoms with van der Waals surface area (Å²) in [5.41, 5.74) is 4.75. The molecule has 0 fully saturated rings. The van der Waals surface area contributed by atoms with E-state index in [4.69, 9.17) is 22.4 Å². The molecule has 1 heterocycles. The maximum atomic E-state index is 12.4. The van der Waals surface area contributed by atoms with Gasteiger partial charge < -0.3 is 10.8 Å². The van der Waals surface area contributed by atoms with Crippen LogP contribution in [0.15, 0.2) is 12.3 Å². The number of aromatic nitrogens is 1. The van der Waals surface area contributed by atoms with Crippen molar-refractivity contribution in [2.24, 2.45) is 5.73 Å². The third-order valence-electron chi connectivity index (χ3n) is 2.03. The lowest BCUT2D eigenvalue weighted by molar-refractivity contribution is -0.137. The molecule has 7 heteroatoms. The number of aliphatic hydroxyl groups is 1. The second kappa shape index (κ2) is 4.99. The first kappa shape index (κ1) is 13.2. The summed E-state index contributed by atoms with van der Waals surface area (Å²) >= 11 is 5.64. The molecule has 0 aromatic carbocycles. The summed E-state index contributed by atoms with van der Waals surface area (Å²) < 4.78 is 37.1. The summed E-state index contributed by atoms with van der Waals surface area (Å²) in [7, 11) is 0. The first-order valence-electron chi connectivity index (χ1n) is 4.45. The highest BCUT2D eigenvalue weighted by Gasteiger charge is 2.32. The molecule has 3 nitrogen and oxygen atoms in total. The van der Waals surface area contributed by atoms with E-state index < -0.39 is 17.8 Å². The number of pyridine rings is 1. The van der Waals surface area contributed by atoms with E-state index in [9.17, 15) is 13.2 Å². The lowest BCUT2D eigenvalue weighted by atomic mass is 10.1. The topological polar surface area (TPSA) is 59.1 Å². The number of rotatable bonds is 3. The summed E-state index contributed by atoms with van der Waals surface area (Å²) in [6.45, 7) is -0.228. The van der Waals surface area contributed by atoms with Gasteiger partial charge in [0.25, 0.3) is 0 Å². The number of hydrogen-bond donors (Lipinski definition) is 2. The number of halogens is 4. The molecule has 0 radical (unpaired) electrons. The Morgan fingerprint density at radius 1 is 1.50 bits per heavy atom. The van der Waals surface area contributed by atoms with Gasteiger partial charge in [-0.15, -0.1) is 0 Å². The largest absolute Gasteiger partial charge is 0.417 e.